The molecule has 1 aliphatic heterocycles. The summed E-state index contributed by atoms with van der Waals surface area (Å²) in [6.07, 6.45) is 1.62. The predicted molar refractivity (Wildman–Crippen MR) is 93.6 cm³/mol. The van der Waals surface area contributed by atoms with Crippen LogP contribution in [0.4, 0.5) is 4.39 Å². The monoisotopic (exact) mass is 347 g/mol. The van der Waals surface area contributed by atoms with E-state index in [0.29, 0.717) is 31.4 Å². The molecule has 0 bridgehead atoms. The Bertz CT molecular complexity index is 637. The zero-order valence-corrected chi connectivity index (χ0v) is 14.8. The van der Waals surface area contributed by atoms with Crippen molar-refractivity contribution in [3.63, 3.8) is 0 Å². The number of nitrogens with one attached hydrogen (secondary N) is 1. The minimum atomic E-state index is -0.735. The molecule has 1 N–H and O–H groups in total. The number of hydrogen-bond acceptors (Lipinski definition) is 3. The Morgan fingerprint density at radius 3 is 2.44 bits per heavy atom. The first-order valence-corrected chi connectivity index (χ1v) is 9.10. The Hall–Kier alpha value is -1.95. The van der Waals surface area contributed by atoms with Crippen LogP contribution in [0.15, 0.2) is 24.3 Å². The molecule has 1 aromatic rings. The number of hydrogen-bond donors (Lipinski definition) is 1. The van der Waals surface area contributed by atoms with Gasteiger partial charge in [0, 0.05) is 44.7 Å². The Labute approximate surface area is 148 Å². The number of amides is 2. The summed E-state index contributed by atoms with van der Waals surface area (Å²) in [6.45, 7) is 6.75. The fourth-order valence-electron chi connectivity index (χ4n) is 3.52. The van der Waals surface area contributed by atoms with Gasteiger partial charge in [0.2, 0.25) is 11.8 Å². The standard InChI is InChI=1S/C19H26FN3O2/c1-2-22-11-13-23(14-12-22)17(24)7-10-21-18(25)19(8-9-19)15-5-3-4-6-16(15)20/h3-6H,2,7-14H2,1H3,(H,21,25). The number of benzene rings is 1. The summed E-state index contributed by atoms with van der Waals surface area (Å²) < 4.78 is 14.0. The summed E-state index contributed by atoms with van der Waals surface area (Å²) >= 11 is 0. The fraction of sp³-hybridized carbons (Fsp3) is 0.579. The molecule has 6 heteroatoms. The molecule has 1 aromatic carbocycles. The first kappa shape index (κ1) is 17.9. The van der Waals surface area contributed by atoms with Crippen LogP contribution in [0.5, 0.6) is 0 Å². The summed E-state index contributed by atoms with van der Waals surface area (Å²) in [7, 11) is 0. The lowest BCUT2D eigenvalue weighted by Crippen LogP contribution is -2.49. The first-order chi connectivity index (χ1) is 12.1. The Morgan fingerprint density at radius 2 is 1.84 bits per heavy atom. The topological polar surface area (TPSA) is 52.6 Å². The van der Waals surface area contributed by atoms with Crippen LogP contribution in [0.1, 0.15) is 31.7 Å². The molecule has 1 aliphatic carbocycles. The Morgan fingerprint density at radius 1 is 1.16 bits per heavy atom. The van der Waals surface area contributed by atoms with Gasteiger partial charge in [0.1, 0.15) is 5.82 Å². The molecule has 2 aliphatic rings. The normalized spacial score (nSPS) is 19.5. The number of rotatable bonds is 6. The number of likely N-dealkylation sites (N-methyl/N-ethyl adjacent to an activating group) is 1. The van der Waals surface area contributed by atoms with Crippen LogP contribution >= 0.6 is 0 Å². The van der Waals surface area contributed by atoms with E-state index in [1.54, 1.807) is 18.2 Å². The van der Waals surface area contributed by atoms with Crippen molar-refractivity contribution in [1.82, 2.24) is 15.1 Å². The van der Waals surface area contributed by atoms with Crippen LogP contribution in [-0.2, 0) is 15.0 Å². The molecule has 1 heterocycles. The van der Waals surface area contributed by atoms with Crippen LogP contribution in [0.3, 0.4) is 0 Å². The highest BCUT2D eigenvalue weighted by Crippen LogP contribution is 2.49. The van der Waals surface area contributed by atoms with Crippen molar-refractivity contribution in [3.05, 3.63) is 35.6 Å². The highest BCUT2D eigenvalue weighted by atomic mass is 19.1. The van der Waals surface area contributed by atoms with Gasteiger partial charge in [-0.05, 0) is 25.5 Å². The Kier molecular flexibility index (Phi) is 5.37. The molecular weight excluding hydrogens is 321 g/mol. The van der Waals surface area contributed by atoms with E-state index in [2.05, 4.69) is 17.1 Å². The third-order valence-corrected chi connectivity index (χ3v) is 5.37. The van der Waals surface area contributed by atoms with Crippen molar-refractivity contribution in [2.45, 2.75) is 31.6 Å². The summed E-state index contributed by atoms with van der Waals surface area (Å²) in [4.78, 5) is 28.9. The summed E-state index contributed by atoms with van der Waals surface area (Å²) in [5.74, 6) is -0.423. The van der Waals surface area contributed by atoms with Crippen molar-refractivity contribution < 1.29 is 14.0 Å². The van der Waals surface area contributed by atoms with Gasteiger partial charge in [0.25, 0.3) is 0 Å². The van der Waals surface area contributed by atoms with Crippen molar-refractivity contribution in [2.75, 3.05) is 39.3 Å². The minimum Gasteiger partial charge on any atom is -0.355 e. The lowest BCUT2D eigenvalue weighted by molar-refractivity contribution is -0.133. The van der Waals surface area contributed by atoms with Gasteiger partial charge in [0.15, 0.2) is 0 Å². The van der Waals surface area contributed by atoms with E-state index in [1.165, 1.54) is 6.07 Å². The number of carbonyl (C=O) groups excluding carboxylic acids is 2. The molecular formula is C19H26FN3O2. The van der Waals surface area contributed by atoms with E-state index >= 15 is 0 Å². The van der Waals surface area contributed by atoms with Gasteiger partial charge in [-0.2, -0.15) is 0 Å². The Balaban J connectivity index is 1.47. The molecule has 136 valence electrons. The van der Waals surface area contributed by atoms with Gasteiger partial charge in [0.05, 0.1) is 5.41 Å². The molecule has 2 amide bonds. The molecule has 1 saturated carbocycles. The molecule has 0 unspecified atom stereocenters. The third kappa shape index (κ3) is 3.84. The maximum Gasteiger partial charge on any atom is 0.230 e. The zero-order chi connectivity index (χ0) is 17.9. The van der Waals surface area contributed by atoms with Crippen molar-refractivity contribution >= 4 is 11.8 Å². The molecule has 0 aromatic heterocycles. The molecule has 25 heavy (non-hydrogen) atoms. The van der Waals surface area contributed by atoms with Gasteiger partial charge >= 0.3 is 0 Å². The largest absolute Gasteiger partial charge is 0.355 e. The fourth-order valence-corrected chi connectivity index (χ4v) is 3.52. The van der Waals surface area contributed by atoms with Gasteiger partial charge in [-0.25, -0.2) is 4.39 Å². The lowest BCUT2D eigenvalue weighted by Gasteiger charge is -2.34. The van der Waals surface area contributed by atoms with Crippen molar-refractivity contribution in [3.8, 4) is 0 Å². The predicted octanol–water partition coefficient (Wildman–Crippen LogP) is 1.53. The average molecular weight is 347 g/mol. The van der Waals surface area contributed by atoms with Crippen LogP contribution in [0.2, 0.25) is 0 Å². The van der Waals surface area contributed by atoms with Gasteiger partial charge < -0.3 is 15.1 Å². The minimum absolute atomic E-state index is 0.0757. The SMILES string of the molecule is CCN1CCN(C(=O)CCNC(=O)C2(c3ccccc3F)CC2)CC1. The molecule has 0 atom stereocenters. The van der Waals surface area contributed by atoms with E-state index in [0.717, 1.165) is 32.7 Å². The second kappa shape index (κ2) is 7.52. The average Bonchev–Trinajstić information content (AvgIpc) is 3.44. The van der Waals surface area contributed by atoms with Crippen molar-refractivity contribution in [2.24, 2.45) is 0 Å². The molecule has 5 nitrogen and oxygen atoms in total. The van der Waals surface area contributed by atoms with Gasteiger partial charge in [-0.3, -0.25) is 9.59 Å². The highest BCUT2D eigenvalue weighted by Gasteiger charge is 2.52. The quantitative estimate of drug-likeness (QED) is 0.849. The van der Waals surface area contributed by atoms with E-state index in [-0.39, 0.29) is 17.6 Å². The second-order valence-electron chi connectivity index (χ2n) is 6.88. The van der Waals surface area contributed by atoms with E-state index in [4.69, 9.17) is 0 Å². The zero-order valence-electron chi connectivity index (χ0n) is 14.8. The highest BCUT2D eigenvalue weighted by molar-refractivity contribution is 5.91. The van der Waals surface area contributed by atoms with Crippen molar-refractivity contribution in [1.29, 1.82) is 0 Å². The van der Waals surface area contributed by atoms with E-state index < -0.39 is 5.41 Å². The number of halogens is 1. The number of nitrogens with zero attached hydrogens (tertiary/aromatic N) is 2. The molecule has 0 spiro atoms. The summed E-state index contributed by atoms with van der Waals surface area (Å²) in [5, 5.41) is 2.84. The second-order valence-corrected chi connectivity index (χ2v) is 6.88. The molecule has 2 fully saturated rings. The van der Waals surface area contributed by atoms with E-state index in [9.17, 15) is 14.0 Å². The maximum absolute atomic E-state index is 14.0. The van der Waals surface area contributed by atoms with Crippen LogP contribution in [0, 0.1) is 5.82 Å². The molecule has 1 saturated heterocycles. The maximum atomic E-state index is 14.0. The van der Waals surface area contributed by atoms with Gasteiger partial charge in [-0.1, -0.05) is 25.1 Å². The lowest BCUT2D eigenvalue weighted by atomic mass is 9.94. The number of carbonyl (C=O) groups is 2. The summed E-state index contributed by atoms with van der Waals surface area (Å²) in [6, 6.07) is 6.46. The smallest absolute Gasteiger partial charge is 0.230 e. The molecule has 0 radical (unpaired) electrons. The first-order valence-electron chi connectivity index (χ1n) is 9.10. The van der Waals surface area contributed by atoms with Gasteiger partial charge in [-0.15, -0.1) is 0 Å². The van der Waals surface area contributed by atoms with Crippen LogP contribution in [0.25, 0.3) is 0 Å². The van der Waals surface area contributed by atoms with Crippen LogP contribution in [-0.4, -0.2) is 60.9 Å². The summed E-state index contributed by atoms with van der Waals surface area (Å²) in [5.41, 5.74) is -0.268. The third-order valence-electron chi connectivity index (χ3n) is 5.37. The number of piperazine rings is 1. The van der Waals surface area contributed by atoms with Crippen LogP contribution < -0.4 is 5.32 Å². The van der Waals surface area contributed by atoms with E-state index in [1.807, 2.05) is 4.90 Å². The molecule has 3 rings (SSSR count).